The number of allylic oxidation sites excluding steroid dienone is 1. The molecule has 0 spiro atoms. The van der Waals surface area contributed by atoms with Crippen molar-refractivity contribution in [3.63, 3.8) is 0 Å². The van der Waals surface area contributed by atoms with Crippen molar-refractivity contribution >= 4 is 22.9 Å². The van der Waals surface area contributed by atoms with Crippen LogP contribution in [0, 0.1) is 5.92 Å². The van der Waals surface area contributed by atoms with E-state index in [0.29, 0.717) is 5.78 Å². The molecular weight excluding hydrogens is 352 g/mol. The lowest BCUT2D eigenvalue weighted by Crippen LogP contribution is -2.35. The summed E-state index contributed by atoms with van der Waals surface area (Å²) in [5.41, 5.74) is 4.96. The molecule has 0 bridgehead atoms. The highest BCUT2D eigenvalue weighted by Crippen LogP contribution is 2.33. The number of nitrogens with zero attached hydrogens (tertiary/aromatic N) is 5. The molecule has 0 atom stereocenters. The normalized spacial score (nSPS) is 17.5. The number of amides is 1. The Labute approximate surface area is 164 Å². The van der Waals surface area contributed by atoms with E-state index in [1.807, 2.05) is 29.1 Å². The van der Waals surface area contributed by atoms with E-state index >= 15 is 0 Å². The van der Waals surface area contributed by atoms with E-state index < -0.39 is 0 Å². The summed E-state index contributed by atoms with van der Waals surface area (Å²) in [7, 11) is 2.10. The third kappa shape index (κ3) is 3.07. The molecule has 5 rings (SSSR count). The van der Waals surface area contributed by atoms with E-state index in [0.717, 1.165) is 60.4 Å². The van der Waals surface area contributed by atoms with Crippen LogP contribution in [0.2, 0.25) is 0 Å². The second-order valence-corrected chi connectivity index (χ2v) is 7.58. The zero-order chi connectivity index (χ0) is 19.1. The lowest BCUT2D eigenvalue weighted by Gasteiger charge is -2.28. The van der Waals surface area contributed by atoms with E-state index in [2.05, 4.69) is 38.3 Å². The molecule has 3 aromatic rings. The average molecular weight is 376 g/mol. The quantitative estimate of drug-likeness (QED) is 0.761. The van der Waals surface area contributed by atoms with Crippen LogP contribution in [-0.4, -0.2) is 50.3 Å². The number of aromatic nitrogens is 4. The number of carbonyl (C=O) groups excluding carboxylic acids is 1. The first-order chi connectivity index (χ1) is 13.7. The van der Waals surface area contributed by atoms with E-state index in [4.69, 9.17) is 0 Å². The van der Waals surface area contributed by atoms with E-state index in [1.54, 1.807) is 12.4 Å². The van der Waals surface area contributed by atoms with Gasteiger partial charge in [-0.05, 0) is 44.6 Å². The topological polar surface area (TPSA) is 75.4 Å². The lowest BCUT2D eigenvalue weighted by molar-refractivity contribution is -0.121. The Kier molecular flexibility index (Phi) is 4.16. The molecule has 7 heteroatoms. The van der Waals surface area contributed by atoms with Gasteiger partial charge in [-0.15, -0.1) is 0 Å². The second kappa shape index (κ2) is 6.83. The predicted octanol–water partition coefficient (Wildman–Crippen LogP) is 2.64. The average Bonchev–Trinajstić information content (AvgIpc) is 3.34. The van der Waals surface area contributed by atoms with Gasteiger partial charge in [0.05, 0.1) is 17.6 Å². The maximum Gasteiger partial charge on any atom is 0.233 e. The van der Waals surface area contributed by atoms with Gasteiger partial charge in [-0.1, -0.05) is 6.08 Å². The van der Waals surface area contributed by atoms with Crippen LogP contribution >= 0.6 is 0 Å². The minimum Gasteiger partial charge on any atom is -0.324 e. The van der Waals surface area contributed by atoms with Crippen molar-refractivity contribution in [1.29, 1.82) is 0 Å². The zero-order valence-corrected chi connectivity index (χ0v) is 15.8. The number of fused-ring (bicyclic) bond motifs is 2. The molecule has 28 heavy (non-hydrogen) atoms. The van der Waals surface area contributed by atoms with Gasteiger partial charge < -0.3 is 10.2 Å². The molecule has 1 fully saturated rings. The number of likely N-dealkylation sites (tertiary alicyclic amines) is 1. The van der Waals surface area contributed by atoms with Crippen LogP contribution < -0.4 is 5.32 Å². The van der Waals surface area contributed by atoms with Crippen molar-refractivity contribution in [2.24, 2.45) is 5.92 Å². The third-order valence-corrected chi connectivity index (χ3v) is 5.67. The Morgan fingerprint density at radius 2 is 2.07 bits per heavy atom. The van der Waals surface area contributed by atoms with Crippen LogP contribution in [0.4, 0.5) is 5.69 Å². The summed E-state index contributed by atoms with van der Waals surface area (Å²) in [4.78, 5) is 28.1. The van der Waals surface area contributed by atoms with Crippen LogP contribution in [-0.2, 0) is 11.2 Å². The maximum absolute atomic E-state index is 12.7. The highest BCUT2D eigenvalue weighted by atomic mass is 16.1. The number of imidazole rings is 1. The molecule has 1 saturated heterocycles. The van der Waals surface area contributed by atoms with Gasteiger partial charge in [-0.25, -0.2) is 9.97 Å². The number of anilines is 1. The standard InChI is InChI=1S/C21H22N6O.H2/c1-26-7-4-14(5-8-26)20(28)25-16-10-18-17(2-3-19(18)23-12-16)15-11-24-21-22-6-9-27(21)13-15;/h2,6,9-14H,3-5,7-8H2,1H3,(H,25,28);1H. The molecule has 4 heterocycles. The maximum atomic E-state index is 12.7. The Hall–Kier alpha value is -3.06. The summed E-state index contributed by atoms with van der Waals surface area (Å²) >= 11 is 0. The van der Waals surface area contributed by atoms with Crippen LogP contribution in [0.5, 0.6) is 0 Å². The number of rotatable bonds is 3. The van der Waals surface area contributed by atoms with Gasteiger partial charge in [0.2, 0.25) is 11.7 Å². The van der Waals surface area contributed by atoms with Crippen molar-refractivity contribution in [3.05, 3.63) is 59.9 Å². The van der Waals surface area contributed by atoms with Crippen LogP contribution in [0.25, 0.3) is 11.4 Å². The summed E-state index contributed by atoms with van der Waals surface area (Å²) in [6.07, 6.45) is 14.0. The van der Waals surface area contributed by atoms with Crippen LogP contribution in [0.3, 0.4) is 0 Å². The van der Waals surface area contributed by atoms with Gasteiger partial charge in [-0.3, -0.25) is 14.2 Å². The van der Waals surface area contributed by atoms with Crippen molar-refractivity contribution in [2.45, 2.75) is 19.3 Å². The van der Waals surface area contributed by atoms with Crippen LogP contribution in [0.1, 0.15) is 31.1 Å². The number of hydrogen-bond donors (Lipinski definition) is 1. The van der Waals surface area contributed by atoms with Gasteiger partial charge in [0.1, 0.15) is 0 Å². The minimum atomic E-state index is 0. The molecule has 144 valence electrons. The lowest BCUT2D eigenvalue weighted by atomic mass is 9.96. The summed E-state index contributed by atoms with van der Waals surface area (Å²) in [6.45, 7) is 1.94. The van der Waals surface area contributed by atoms with Crippen molar-refractivity contribution in [2.75, 3.05) is 25.5 Å². The van der Waals surface area contributed by atoms with Crippen molar-refractivity contribution < 1.29 is 6.22 Å². The zero-order valence-electron chi connectivity index (χ0n) is 15.8. The molecule has 2 aliphatic rings. The van der Waals surface area contributed by atoms with Crippen molar-refractivity contribution in [3.8, 4) is 0 Å². The summed E-state index contributed by atoms with van der Waals surface area (Å²) in [5.74, 6) is 0.854. The molecule has 1 aliphatic carbocycles. The van der Waals surface area contributed by atoms with Gasteiger partial charge in [0, 0.05) is 49.7 Å². The number of piperidine rings is 1. The Morgan fingerprint density at radius 3 is 2.93 bits per heavy atom. The molecule has 0 saturated carbocycles. The molecule has 0 unspecified atom stereocenters. The molecule has 1 aliphatic heterocycles. The number of pyridine rings is 1. The summed E-state index contributed by atoms with van der Waals surface area (Å²) in [5, 5.41) is 3.08. The number of carbonyl (C=O) groups is 1. The summed E-state index contributed by atoms with van der Waals surface area (Å²) in [6, 6.07) is 2.03. The second-order valence-electron chi connectivity index (χ2n) is 7.58. The first-order valence-electron chi connectivity index (χ1n) is 9.65. The van der Waals surface area contributed by atoms with Gasteiger partial charge in [-0.2, -0.15) is 0 Å². The monoisotopic (exact) mass is 376 g/mol. The molecular formula is C21H24N6O. The van der Waals surface area contributed by atoms with Gasteiger partial charge in [0.15, 0.2) is 0 Å². The minimum absolute atomic E-state index is 0. The van der Waals surface area contributed by atoms with Crippen molar-refractivity contribution in [1.82, 2.24) is 24.3 Å². The molecule has 3 aromatic heterocycles. The Bertz CT molecular complexity index is 1080. The number of nitrogens with one attached hydrogen (secondary N) is 1. The van der Waals surface area contributed by atoms with Gasteiger partial charge >= 0.3 is 0 Å². The molecule has 1 amide bonds. The molecule has 0 aromatic carbocycles. The third-order valence-electron chi connectivity index (χ3n) is 5.67. The first-order valence-corrected chi connectivity index (χ1v) is 9.65. The fraction of sp³-hybridized carbons (Fsp3) is 0.333. The first kappa shape index (κ1) is 17.1. The Morgan fingerprint density at radius 1 is 1.21 bits per heavy atom. The fourth-order valence-electron chi connectivity index (χ4n) is 4.01. The number of hydrogen-bond acceptors (Lipinski definition) is 5. The highest BCUT2D eigenvalue weighted by Gasteiger charge is 2.24. The van der Waals surface area contributed by atoms with E-state index in [-0.39, 0.29) is 13.3 Å². The van der Waals surface area contributed by atoms with E-state index in [9.17, 15) is 4.79 Å². The van der Waals surface area contributed by atoms with E-state index in [1.165, 1.54) is 0 Å². The molecule has 1 N–H and O–H groups in total. The highest BCUT2D eigenvalue weighted by molar-refractivity contribution is 5.94. The van der Waals surface area contributed by atoms with Crippen LogP contribution in [0.15, 0.2) is 43.1 Å². The Balaban J connectivity index is 0.00000205. The fourth-order valence-corrected chi connectivity index (χ4v) is 4.01. The SMILES string of the molecule is CN1CCC(C(=O)Nc2cnc3c(c2)C(c2cnc4nccn4c2)=CC3)CC1.[HH]. The summed E-state index contributed by atoms with van der Waals surface area (Å²) < 4.78 is 1.91. The largest absolute Gasteiger partial charge is 0.324 e. The van der Waals surface area contributed by atoms with Gasteiger partial charge in [0.25, 0.3) is 0 Å². The smallest absolute Gasteiger partial charge is 0.233 e. The molecule has 7 nitrogen and oxygen atoms in total. The molecule has 0 radical (unpaired) electrons. The predicted molar refractivity (Wildman–Crippen MR) is 109 cm³/mol.